The molecule has 1 rings (SSSR count). The number of rotatable bonds is 6. The molecule has 1 heterocycles. The Labute approximate surface area is 107 Å². The van der Waals surface area contributed by atoms with Crippen molar-refractivity contribution in [2.24, 2.45) is 7.05 Å². The summed E-state index contributed by atoms with van der Waals surface area (Å²) < 4.78 is 38.3. The molecule has 0 atom stereocenters. The van der Waals surface area contributed by atoms with E-state index < -0.39 is 25.3 Å². The number of aromatic nitrogens is 2. The second kappa shape index (κ2) is 6.02. The van der Waals surface area contributed by atoms with Crippen molar-refractivity contribution in [2.75, 3.05) is 19.7 Å². The SMILES string of the molecule is Cn1ncc(C(=O)O)c1CN(CCO)CC(F)(F)F. The Morgan fingerprint density at radius 3 is 2.63 bits per heavy atom. The Morgan fingerprint density at radius 1 is 1.53 bits per heavy atom. The van der Waals surface area contributed by atoms with Crippen LogP contribution in [0.2, 0.25) is 0 Å². The largest absolute Gasteiger partial charge is 0.478 e. The molecule has 1 aromatic rings. The van der Waals surface area contributed by atoms with E-state index in [0.29, 0.717) is 0 Å². The number of halogens is 3. The first-order valence-electron chi connectivity index (χ1n) is 5.38. The van der Waals surface area contributed by atoms with Crippen LogP contribution >= 0.6 is 0 Å². The van der Waals surface area contributed by atoms with E-state index >= 15 is 0 Å². The van der Waals surface area contributed by atoms with Gasteiger partial charge in [0.25, 0.3) is 0 Å². The normalized spacial score (nSPS) is 12.1. The van der Waals surface area contributed by atoms with Crippen molar-refractivity contribution < 1.29 is 28.2 Å². The summed E-state index contributed by atoms with van der Waals surface area (Å²) in [5, 5.41) is 21.4. The predicted molar refractivity (Wildman–Crippen MR) is 58.6 cm³/mol. The molecule has 0 fully saturated rings. The molecule has 0 saturated heterocycles. The monoisotopic (exact) mass is 281 g/mol. The quantitative estimate of drug-likeness (QED) is 0.792. The first kappa shape index (κ1) is 15.4. The predicted octanol–water partition coefficient (Wildman–Crippen LogP) is 0.475. The minimum atomic E-state index is -4.42. The highest BCUT2D eigenvalue weighted by molar-refractivity contribution is 5.88. The van der Waals surface area contributed by atoms with Gasteiger partial charge in [0.2, 0.25) is 0 Å². The summed E-state index contributed by atoms with van der Waals surface area (Å²) >= 11 is 0. The van der Waals surface area contributed by atoms with E-state index in [1.165, 1.54) is 11.7 Å². The Balaban J connectivity index is 2.90. The maximum atomic E-state index is 12.4. The van der Waals surface area contributed by atoms with Gasteiger partial charge in [0.05, 0.1) is 25.0 Å². The molecular formula is C10H14F3N3O3. The molecule has 6 nitrogen and oxygen atoms in total. The van der Waals surface area contributed by atoms with Crippen LogP contribution in [0.15, 0.2) is 6.20 Å². The van der Waals surface area contributed by atoms with Crippen LogP contribution in [0, 0.1) is 0 Å². The average Bonchev–Trinajstić information content (AvgIpc) is 2.58. The van der Waals surface area contributed by atoms with Crippen molar-refractivity contribution in [1.82, 2.24) is 14.7 Å². The van der Waals surface area contributed by atoms with E-state index in [1.807, 2.05) is 0 Å². The lowest BCUT2D eigenvalue weighted by molar-refractivity contribution is -0.148. The third-order valence-electron chi connectivity index (χ3n) is 2.48. The fraction of sp³-hybridized carbons (Fsp3) is 0.600. The zero-order valence-electron chi connectivity index (χ0n) is 10.2. The van der Waals surface area contributed by atoms with Gasteiger partial charge in [-0.15, -0.1) is 0 Å². The lowest BCUT2D eigenvalue weighted by atomic mass is 10.2. The van der Waals surface area contributed by atoms with Crippen molar-refractivity contribution in [2.45, 2.75) is 12.7 Å². The summed E-state index contributed by atoms with van der Waals surface area (Å²) in [6, 6.07) is 0. The number of carbonyl (C=O) groups is 1. The fourth-order valence-corrected chi connectivity index (χ4v) is 1.65. The van der Waals surface area contributed by atoms with Crippen molar-refractivity contribution in [1.29, 1.82) is 0 Å². The second-order valence-electron chi connectivity index (χ2n) is 3.98. The van der Waals surface area contributed by atoms with E-state index in [0.717, 1.165) is 11.1 Å². The molecule has 1 aromatic heterocycles. The molecular weight excluding hydrogens is 267 g/mol. The summed E-state index contributed by atoms with van der Waals surface area (Å²) in [7, 11) is 1.45. The van der Waals surface area contributed by atoms with Crippen LogP contribution < -0.4 is 0 Å². The van der Waals surface area contributed by atoms with Crippen molar-refractivity contribution in [3.05, 3.63) is 17.5 Å². The van der Waals surface area contributed by atoms with E-state index in [2.05, 4.69) is 5.10 Å². The first-order valence-corrected chi connectivity index (χ1v) is 5.38. The molecule has 0 aliphatic rings. The molecule has 19 heavy (non-hydrogen) atoms. The van der Waals surface area contributed by atoms with Gasteiger partial charge in [0, 0.05) is 20.1 Å². The van der Waals surface area contributed by atoms with Gasteiger partial charge in [0.1, 0.15) is 5.56 Å². The number of hydrogen-bond acceptors (Lipinski definition) is 4. The van der Waals surface area contributed by atoms with Gasteiger partial charge in [-0.25, -0.2) is 4.79 Å². The minimum Gasteiger partial charge on any atom is -0.478 e. The standard InChI is InChI=1S/C10H14F3N3O3/c1-15-8(7(4-14-15)9(18)19)5-16(2-3-17)6-10(11,12)13/h4,17H,2-3,5-6H2,1H3,(H,18,19). The van der Waals surface area contributed by atoms with Gasteiger partial charge in [0.15, 0.2) is 0 Å². The third-order valence-corrected chi connectivity index (χ3v) is 2.48. The van der Waals surface area contributed by atoms with Gasteiger partial charge in [-0.2, -0.15) is 18.3 Å². The highest BCUT2D eigenvalue weighted by Gasteiger charge is 2.31. The van der Waals surface area contributed by atoms with Gasteiger partial charge in [-0.1, -0.05) is 0 Å². The molecule has 0 radical (unpaired) electrons. The zero-order valence-corrected chi connectivity index (χ0v) is 10.2. The van der Waals surface area contributed by atoms with Crippen LogP contribution in [0.4, 0.5) is 13.2 Å². The number of alkyl halides is 3. The van der Waals surface area contributed by atoms with Gasteiger partial charge < -0.3 is 10.2 Å². The summed E-state index contributed by atoms with van der Waals surface area (Å²) in [6.45, 7) is -2.13. The number of nitrogens with zero attached hydrogens (tertiary/aromatic N) is 3. The lowest BCUT2D eigenvalue weighted by Crippen LogP contribution is -2.36. The Morgan fingerprint density at radius 2 is 2.16 bits per heavy atom. The van der Waals surface area contributed by atoms with Crippen LogP contribution in [0.1, 0.15) is 16.1 Å². The smallest absolute Gasteiger partial charge is 0.401 e. The number of aliphatic hydroxyl groups excluding tert-OH is 1. The number of carboxylic acids is 1. The molecule has 0 aromatic carbocycles. The van der Waals surface area contributed by atoms with E-state index in [9.17, 15) is 18.0 Å². The summed E-state index contributed by atoms with van der Waals surface area (Å²) in [5.41, 5.74) is 0.0119. The van der Waals surface area contributed by atoms with Gasteiger partial charge >= 0.3 is 12.1 Å². The summed E-state index contributed by atoms with van der Waals surface area (Å²) in [4.78, 5) is 11.8. The maximum Gasteiger partial charge on any atom is 0.401 e. The minimum absolute atomic E-state index is 0.146. The van der Waals surface area contributed by atoms with Gasteiger partial charge in [-0.3, -0.25) is 9.58 Å². The third kappa shape index (κ3) is 4.52. The van der Waals surface area contributed by atoms with Crippen LogP contribution in [0.25, 0.3) is 0 Å². The van der Waals surface area contributed by atoms with Crippen molar-refractivity contribution in [3.63, 3.8) is 0 Å². The van der Waals surface area contributed by atoms with Crippen LogP contribution in [0.3, 0.4) is 0 Å². The Bertz CT molecular complexity index is 445. The molecule has 9 heteroatoms. The number of carboxylic acid groups (broad SMARTS) is 1. The molecule has 0 aliphatic carbocycles. The zero-order chi connectivity index (χ0) is 14.6. The number of aryl methyl sites for hydroxylation is 1. The van der Waals surface area contributed by atoms with E-state index in [-0.39, 0.29) is 24.3 Å². The highest BCUT2D eigenvalue weighted by Crippen LogP contribution is 2.19. The van der Waals surface area contributed by atoms with E-state index in [4.69, 9.17) is 10.2 Å². The molecule has 2 N–H and O–H groups in total. The molecule has 0 saturated carbocycles. The van der Waals surface area contributed by atoms with Crippen LogP contribution in [-0.4, -0.2) is 56.7 Å². The molecule has 108 valence electrons. The van der Waals surface area contributed by atoms with Crippen LogP contribution in [-0.2, 0) is 13.6 Å². The molecule has 0 amide bonds. The fourth-order valence-electron chi connectivity index (χ4n) is 1.65. The highest BCUT2D eigenvalue weighted by atomic mass is 19.4. The van der Waals surface area contributed by atoms with Crippen LogP contribution in [0.5, 0.6) is 0 Å². The number of aliphatic hydroxyl groups is 1. The average molecular weight is 281 g/mol. The van der Waals surface area contributed by atoms with Crippen molar-refractivity contribution in [3.8, 4) is 0 Å². The number of aromatic carboxylic acids is 1. The maximum absolute atomic E-state index is 12.4. The second-order valence-corrected chi connectivity index (χ2v) is 3.98. The van der Waals surface area contributed by atoms with E-state index in [1.54, 1.807) is 0 Å². The summed E-state index contributed by atoms with van der Waals surface area (Å²) in [5.74, 6) is -1.25. The lowest BCUT2D eigenvalue weighted by Gasteiger charge is -2.22. The Kier molecular flexibility index (Phi) is 4.90. The molecule has 0 bridgehead atoms. The molecule has 0 unspecified atom stereocenters. The molecule has 0 aliphatic heterocycles. The molecule has 0 spiro atoms. The van der Waals surface area contributed by atoms with Crippen molar-refractivity contribution >= 4 is 5.97 Å². The van der Waals surface area contributed by atoms with Gasteiger partial charge in [-0.05, 0) is 0 Å². The topological polar surface area (TPSA) is 78.6 Å². The first-order chi connectivity index (χ1) is 8.74. The Hall–Kier alpha value is -1.61. The number of hydrogen-bond donors (Lipinski definition) is 2. The summed E-state index contributed by atoms with van der Waals surface area (Å²) in [6.07, 6.45) is -3.33.